The van der Waals surface area contributed by atoms with Gasteiger partial charge in [-0.15, -0.1) is 0 Å². The quantitative estimate of drug-likeness (QED) is 0.826. The van der Waals surface area contributed by atoms with Crippen LogP contribution in [0, 0.1) is 0 Å². The molecule has 1 heterocycles. The Hall–Kier alpha value is -1.56. The summed E-state index contributed by atoms with van der Waals surface area (Å²) in [5.41, 5.74) is 0.686. The Labute approximate surface area is 100 Å². The molecule has 2 amide bonds. The molecule has 17 heavy (non-hydrogen) atoms. The predicted molar refractivity (Wildman–Crippen MR) is 65.7 cm³/mol. The van der Waals surface area contributed by atoms with Crippen LogP contribution in [0.1, 0.15) is 6.42 Å². The van der Waals surface area contributed by atoms with E-state index in [0.717, 1.165) is 0 Å². The number of amides is 2. The molecule has 0 aromatic heterocycles. The van der Waals surface area contributed by atoms with Crippen molar-refractivity contribution in [2.45, 2.75) is 12.5 Å². The summed E-state index contributed by atoms with van der Waals surface area (Å²) in [7, 11) is -2.96. The summed E-state index contributed by atoms with van der Waals surface area (Å²) in [4.78, 5) is 11.6. The smallest absolute Gasteiger partial charge is 0.319 e. The van der Waals surface area contributed by atoms with Gasteiger partial charge in [-0.05, 0) is 18.6 Å². The molecular weight excluding hydrogens is 240 g/mol. The average molecular weight is 254 g/mol. The van der Waals surface area contributed by atoms with E-state index < -0.39 is 9.84 Å². The number of nitrogens with one attached hydrogen (secondary N) is 2. The number of hydrogen-bond acceptors (Lipinski definition) is 3. The van der Waals surface area contributed by atoms with E-state index >= 15 is 0 Å². The first-order chi connectivity index (χ1) is 8.05. The van der Waals surface area contributed by atoms with E-state index in [1.54, 1.807) is 12.1 Å². The van der Waals surface area contributed by atoms with Crippen LogP contribution in [0.5, 0.6) is 0 Å². The summed E-state index contributed by atoms with van der Waals surface area (Å²) < 4.78 is 22.4. The second-order valence-corrected chi connectivity index (χ2v) is 6.29. The Balaban J connectivity index is 1.87. The third-order valence-corrected chi connectivity index (χ3v) is 4.37. The normalized spacial score (nSPS) is 22.0. The number of anilines is 1. The van der Waals surface area contributed by atoms with Gasteiger partial charge in [-0.1, -0.05) is 18.2 Å². The second-order valence-electron chi connectivity index (χ2n) is 4.06. The molecule has 2 N–H and O–H groups in total. The van der Waals surface area contributed by atoms with Crippen molar-refractivity contribution in [3.05, 3.63) is 30.3 Å². The average Bonchev–Trinajstić information content (AvgIpc) is 2.59. The van der Waals surface area contributed by atoms with E-state index in [1.165, 1.54) is 0 Å². The molecule has 0 radical (unpaired) electrons. The summed E-state index contributed by atoms with van der Waals surface area (Å²) in [6, 6.07) is 8.38. The SMILES string of the molecule is O=C(Nc1ccccc1)N[C@@H]1CCS(=O)(=O)C1. The van der Waals surface area contributed by atoms with Crippen molar-refractivity contribution in [3.8, 4) is 0 Å². The number of hydrogen-bond donors (Lipinski definition) is 2. The molecule has 0 bridgehead atoms. The summed E-state index contributed by atoms with van der Waals surface area (Å²) in [5.74, 6) is 0.193. The highest BCUT2D eigenvalue weighted by atomic mass is 32.2. The van der Waals surface area contributed by atoms with Crippen molar-refractivity contribution in [1.29, 1.82) is 0 Å². The van der Waals surface area contributed by atoms with Gasteiger partial charge in [0.05, 0.1) is 11.5 Å². The fourth-order valence-corrected chi connectivity index (χ4v) is 3.46. The van der Waals surface area contributed by atoms with Crippen LogP contribution in [0.3, 0.4) is 0 Å². The van der Waals surface area contributed by atoms with E-state index in [2.05, 4.69) is 10.6 Å². The van der Waals surface area contributed by atoms with Crippen molar-refractivity contribution >= 4 is 21.6 Å². The van der Waals surface area contributed by atoms with E-state index in [0.29, 0.717) is 12.1 Å². The summed E-state index contributed by atoms with van der Waals surface area (Å²) in [6.07, 6.45) is 0.491. The highest BCUT2D eigenvalue weighted by Gasteiger charge is 2.28. The van der Waals surface area contributed by atoms with Crippen molar-refractivity contribution in [2.75, 3.05) is 16.8 Å². The zero-order valence-corrected chi connectivity index (χ0v) is 10.0. The molecule has 6 heteroatoms. The van der Waals surface area contributed by atoms with Crippen LogP contribution >= 0.6 is 0 Å². The zero-order valence-electron chi connectivity index (χ0n) is 9.22. The molecule has 0 spiro atoms. The van der Waals surface area contributed by atoms with E-state index in [4.69, 9.17) is 0 Å². The van der Waals surface area contributed by atoms with Crippen LogP contribution in [-0.4, -0.2) is 32.0 Å². The Morgan fingerprint density at radius 1 is 1.24 bits per heavy atom. The van der Waals surface area contributed by atoms with Crippen molar-refractivity contribution in [1.82, 2.24) is 5.32 Å². The van der Waals surface area contributed by atoms with Crippen molar-refractivity contribution < 1.29 is 13.2 Å². The number of urea groups is 1. The minimum Gasteiger partial charge on any atom is -0.334 e. The molecule has 0 aliphatic carbocycles. The van der Waals surface area contributed by atoms with E-state index in [9.17, 15) is 13.2 Å². The molecule has 92 valence electrons. The molecule has 1 aromatic carbocycles. The predicted octanol–water partition coefficient (Wildman–Crippen LogP) is 0.995. The van der Waals surface area contributed by atoms with Gasteiger partial charge in [0.1, 0.15) is 0 Å². The number of benzene rings is 1. The molecule has 1 aliphatic heterocycles. The maximum atomic E-state index is 11.6. The van der Waals surface area contributed by atoms with Gasteiger partial charge in [0.2, 0.25) is 0 Å². The highest BCUT2D eigenvalue weighted by molar-refractivity contribution is 7.91. The monoisotopic (exact) mass is 254 g/mol. The van der Waals surface area contributed by atoms with Gasteiger partial charge in [-0.3, -0.25) is 0 Å². The summed E-state index contributed by atoms with van der Waals surface area (Å²) in [5, 5.41) is 5.31. The number of para-hydroxylation sites is 1. The molecule has 1 atom stereocenters. The fraction of sp³-hybridized carbons (Fsp3) is 0.364. The first-order valence-electron chi connectivity index (χ1n) is 5.38. The van der Waals surface area contributed by atoms with Gasteiger partial charge in [-0.25, -0.2) is 13.2 Å². The lowest BCUT2D eigenvalue weighted by Crippen LogP contribution is -2.38. The molecule has 1 fully saturated rings. The molecule has 1 aliphatic rings. The maximum absolute atomic E-state index is 11.6. The highest BCUT2D eigenvalue weighted by Crippen LogP contribution is 2.11. The van der Waals surface area contributed by atoms with Gasteiger partial charge in [0.25, 0.3) is 0 Å². The van der Waals surface area contributed by atoms with E-state index in [-0.39, 0.29) is 23.6 Å². The maximum Gasteiger partial charge on any atom is 0.319 e. The van der Waals surface area contributed by atoms with Crippen LogP contribution in [-0.2, 0) is 9.84 Å². The van der Waals surface area contributed by atoms with Crippen molar-refractivity contribution in [3.63, 3.8) is 0 Å². The number of sulfone groups is 1. The van der Waals surface area contributed by atoms with Crippen LogP contribution in [0.4, 0.5) is 10.5 Å². The molecule has 1 saturated heterocycles. The van der Waals surface area contributed by atoms with E-state index in [1.807, 2.05) is 18.2 Å². The van der Waals surface area contributed by atoms with Crippen molar-refractivity contribution in [2.24, 2.45) is 0 Å². The number of rotatable bonds is 2. The lowest BCUT2D eigenvalue weighted by Gasteiger charge is -2.11. The largest absolute Gasteiger partial charge is 0.334 e. The second kappa shape index (κ2) is 4.75. The molecule has 1 aromatic rings. The molecule has 2 rings (SSSR count). The minimum absolute atomic E-state index is 0.0369. The molecule has 5 nitrogen and oxygen atoms in total. The Bertz CT molecular complexity index is 499. The first kappa shape index (κ1) is 11.9. The van der Waals surface area contributed by atoms with Crippen LogP contribution in [0.2, 0.25) is 0 Å². The zero-order chi connectivity index (χ0) is 12.3. The third kappa shape index (κ3) is 3.45. The van der Waals surface area contributed by atoms with Gasteiger partial charge >= 0.3 is 6.03 Å². The Kier molecular flexibility index (Phi) is 3.33. The topological polar surface area (TPSA) is 75.3 Å². The van der Waals surface area contributed by atoms with Gasteiger partial charge in [-0.2, -0.15) is 0 Å². The lowest BCUT2D eigenvalue weighted by molar-refractivity contribution is 0.249. The minimum atomic E-state index is -2.96. The summed E-state index contributed by atoms with van der Waals surface area (Å²) >= 11 is 0. The molecule has 0 saturated carbocycles. The molecular formula is C11H14N2O3S. The number of carbonyl (C=O) groups is 1. The standard InChI is InChI=1S/C11H14N2O3S/c14-11(12-9-4-2-1-3-5-9)13-10-6-7-17(15,16)8-10/h1-5,10H,6-8H2,(H2,12,13,14)/t10-/m1/s1. The lowest BCUT2D eigenvalue weighted by atomic mass is 10.3. The van der Waals surface area contributed by atoms with Gasteiger partial charge < -0.3 is 10.6 Å². The Morgan fingerprint density at radius 2 is 1.94 bits per heavy atom. The van der Waals surface area contributed by atoms with Gasteiger partial charge in [0.15, 0.2) is 9.84 Å². The third-order valence-electron chi connectivity index (χ3n) is 2.60. The van der Waals surface area contributed by atoms with Crippen LogP contribution in [0.15, 0.2) is 30.3 Å². The summed E-state index contributed by atoms with van der Waals surface area (Å²) in [6.45, 7) is 0. The van der Waals surface area contributed by atoms with Crippen LogP contribution < -0.4 is 10.6 Å². The van der Waals surface area contributed by atoms with Gasteiger partial charge in [0, 0.05) is 11.7 Å². The fourth-order valence-electron chi connectivity index (χ4n) is 1.78. The first-order valence-corrected chi connectivity index (χ1v) is 7.20. The molecule has 0 unspecified atom stereocenters. The van der Waals surface area contributed by atoms with Crippen LogP contribution in [0.25, 0.3) is 0 Å². The number of carbonyl (C=O) groups excluding carboxylic acids is 1. The Morgan fingerprint density at radius 3 is 2.53 bits per heavy atom.